The molecule has 1 aromatic heterocycles. The van der Waals surface area contributed by atoms with E-state index in [-0.39, 0.29) is 29.7 Å². The van der Waals surface area contributed by atoms with Gasteiger partial charge in [0.2, 0.25) is 11.9 Å². The largest absolute Gasteiger partial charge is 0.416 e. The Kier molecular flexibility index (Phi) is 5.99. The number of amides is 1. The summed E-state index contributed by atoms with van der Waals surface area (Å²) in [4.78, 5) is 17.6. The molecule has 0 bridgehead atoms. The van der Waals surface area contributed by atoms with Crippen LogP contribution in [-0.4, -0.2) is 27.2 Å². The molecule has 35 heavy (non-hydrogen) atoms. The summed E-state index contributed by atoms with van der Waals surface area (Å²) in [6.45, 7) is 1.26. The molecule has 1 aliphatic rings. The van der Waals surface area contributed by atoms with Gasteiger partial charge in [-0.3, -0.25) is 15.0 Å². The molecule has 0 fully saturated rings. The lowest BCUT2D eigenvalue weighted by Gasteiger charge is -2.34. The fourth-order valence-corrected chi connectivity index (χ4v) is 3.78. The highest BCUT2D eigenvalue weighted by molar-refractivity contribution is 5.90. The second-order valence-electron chi connectivity index (χ2n) is 7.56. The Bertz CT molecular complexity index is 1410. The molecule has 0 unspecified atom stereocenters. The number of carbonyl (C=O) groups excluding carboxylic acids is 1. The van der Waals surface area contributed by atoms with Crippen molar-refractivity contribution in [2.75, 3.05) is 16.8 Å². The van der Waals surface area contributed by atoms with Gasteiger partial charge in [-0.1, -0.05) is 18.2 Å². The first-order valence-electron chi connectivity index (χ1n) is 10.2. The number of benzene rings is 2. The number of nitrogens with zero attached hydrogens (tertiary/aromatic N) is 6. The van der Waals surface area contributed by atoms with E-state index in [1.54, 1.807) is 31.2 Å². The number of halogens is 3. The van der Waals surface area contributed by atoms with Crippen molar-refractivity contribution in [3.05, 3.63) is 76.5 Å². The molecule has 176 valence electrons. The van der Waals surface area contributed by atoms with E-state index in [4.69, 9.17) is 11.0 Å². The molecular formula is C23H17F3N8O. The van der Waals surface area contributed by atoms with Crippen molar-refractivity contribution in [3.8, 4) is 12.1 Å². The van der Waals surface area contributed by atoms with Crippen LogP contribution in [0.3, 0.4) is 0 Å². The number of hydrogen-bond donors (Lipinski definition) is 2. The van der Waals surface area contributed by atoms with Crippen LogP contribution in [0.15, 0.2) is 59.8 Å². The van der Waals surface area contributed by atoms with Gasteiger partial charge in [0.15, 0.2) is 0 Å². The molecule has 0 saturated heterocycles. The lowest BCUT2D eigenvalue weighted by Crippen LogP contribution is -2.31. The first-order valence-corrected chi connectivity index (χ1v) is 10.2. The molecule has 2 heterocycles. The Hall–Kier alpha value is -4.68. The number of nitrogens with one attached hydrogen (secondary N) is 1. The van der Waals surface area contributed by atoms with E-state index in [1.807, 2.05) is 6.07 Å². The van der Waals surface area contributed by atoms with Crippen molar-refractivity contribution in [2.45, 2.75) is 19.1 Å². The average molecular weight is 478 g/mol. The van der Waals surface area contributed by atoms with Crippen molar-refractivity contribution < 1.29 is 18.0 Å². The topological polar surface area (TPSA) is 137 Å². The lowest BCUT2D eigenvalue weighted by molar-refractivity contribution is -0.137. The van der Waals surface area contributed by atoms with Crippen LogP contribution in [0.5, 0.6) is 0 Å². The summed E-state index contributed by atoms with van der Waals surface area (Å²) in [7, 11) is 0. The van der Waals surface area contributed by atoms with E-state index in [0.29, 0.717) is 16.8 Å². The third-order valence-electron chi connectivity index (χ3n) is 5.40. The van der Waals surface area contributed by atoms with Gasteiger partial charge < -0.3 is 5.73 Å². The predicted octanol–water partition coefficient (Wildman–Crippen LogP) is 3.60. The van der Waals surface area contributed by atoms with Crippen molar-refractivity contribution in [2.24, 2.45) is 5.73 Å². The van der Waals surface area contributed by atoms with Gasteiger partial charge in [0.1, 0.15) is 6.04 Å². The minimum atomic E-state index is -4.58. The van der Waals surface area contributed by atoms with Crippen LogP contribution in [0.1, 0.15) is 29.7 Å². The van der Waals surface area contributed by atoms with Gasteiger partial charge in [0, 0.05) is 11.4 Å². The van der Waals surface area contributed by atoms with Crippen molar-refractivity contribution in [1.29, 1.82) is 10.5 Å². The number of fused-ring (bicyclic) bond motifs is 1. The summed E-state index contributed by atoms with van der Waals surface area (Å²) >= 11 is 0. The number of anilines is 3. The number of aromatic nitrogens is 3. The van der Waals surface area contributed by atoms with E-state index in [2.05, 4.69) is 21.5 Å². The molecule has 1 aliphatic heterocycles. The number of hydrogen-bond acceptors (Lipinski definition) is 7. The molecule has 3 N–H and O–H groups in total. The number of carbonyl (C=O) groups is 1. The summed E-state index contributed by atoms with van der Waals surface area (Å²) < 4.78 is 41.6. The normalized spacial score (nSPS) is 15.3. The quantitative estimate of drug-likeness (QED) is 0.584. The lowest BCUT2D eigenvalue weighted by atomic mass is 9.95. The van der Waals surface area contributed by atoms with Gasteiger partial charge in [-0.25, -0.2) is 4.68 Å². The fraction of sp³-hybridized carbons (Fsp3) is 0.174. The van der Waals surface area contributed by atoms with Crippen molar-refractivity contribution in [1.82, 2.24) is 14.8 Å². The molecule has 12 heteroatoms. The van der Waals surface area contributed by atoms with Gasteiger partial charge in [-0.05, 0) is 42.8 Å². The zero-order valence-electron chi connectivity index (χ0n) is 18.2. The zero-order valence-corrected chi connectivity index (χ0v) is 18.2. The maximum Gasteiger partial charge on any atom is 0.416 e. The Morgan fingerprint density at radius 2 is 1.89 bits per heavy atom. The molecule has 9 nitrogen and oxygen atoms in total. The second-order valence-corrected chi connectivity index (χ2v) is 7.56. The van der Waals surface area contributed by atoms with E-state index >= 15 is 0 Å². The van der Waals surface area contributed by atoms with Crippen LogP contribution in [0.4, 0.5) is 30.8 Å². The molecule has 2 aromatic carbocycles. The number of allylic oxidation sites excluding steroid dienone is 2. The van der Waals surface area contributed by atoms with E-state index in [9.17, 15) is 23.2 Å². The molecule has 1 atom stereocenters. The summed E-state index contributed by atoms with van der Waals surface area (Å²) in [6.07, 6.45) is -4.58. The zero-order chi connectivity index (χ0) is 25.3. The summed E-state index contributed by atoms with van der Waals surface area (Å²) in [5.41, 5.74) is 6.11. The van der Waals surface area contributed by atoms with Crippen LogP contribution in [0.25, 0.3) is 0 Å². The number of nitriles is 2. The Balaban J connectivity index is 1.94. The minimum absolute atomic E-state index is 0.0857. The first-order chi connectivity index (χ1) is 16.7. The molecule has 0 radical (unpaired) electrons. The van der Waals surface area contributed by atoms with Gasteiger partial charge >= 0.3 is 6.18 Å². The SMILES string of the molecule is CC1=C(C#N)[C@@H](c2ccc(C#N)cc2)n2nc(NC(=O)CN)nc2N1c1cccc(C(F)(F)F)c1. The van der Waals surface area contributed by atoms with Crippen molar-refractivity contribution >= 4 is 23.5 Å². The summed E-state index contributed by atoms with van der Waals surface area (Å²) in [5, 5.41) is 25.9. The average Bonchev–Trinajstić information content (AvgIpc) is 3.25. The van der Waals surface area contributed by atoms with E-state index in [1.165, 1.54) is 21.7 Å². The first kappa shape index (κ1) is 23.5. The monoisotopic (exact) mass is 478 g/mol. The molecule has 4 rings (SSSR count). The standard InChI is InChI=1S/C23H17F3N8O/c1-13-18(11-28)20(15-7-5-14(10-27)6-8-15)34-22(31-21(32-34)30-19(35)12-29)33(13)17-4-2-3-16(9-17)23(24,25)26/h2-9,20H,12,29H2,1H3,(H,30,32,35)/t20-/m1/s1. The molecule has 0 saturated carbocycles. The van der Waals surface area contributed by atoms with Gasteiger partial charge in [0.05, 0.1) is 35.4 Å². The van der Waals surface area contributed by atoms with Crippen LogP contribution >= 0.6 is 0 Å². The van der Waals surface area contributed by atoms with Crippen LogP contribution in [0, 0.1) is 22.7 Å². The fourth-order valence-electron chi connectivity index (χ4n) is 3.78. The molecule has 0 aliphatic carbocycles. The van der Waals surface area contributed by atoms with Crippen molar-refractivity contribution in [3.63, 3.8) is 0 Å². The second kappa shape index (κ2) is 8.93. The van der Waals surface area contributed by atoms with Crippen LogP contribution in [0.2, 0.25) is 0 Å². The van der Waals surface area contributed by atoms with Crippen LogP contribution < -0.4 is 16.0 Å². The molecule has 0 spiro atoms. The Morgan fingerprint density at radius 1 is 1.17 bits per heavy atom. The summed E-state index contributed by atoms with van der Waals surface area (Å²) in [5.74, 6) is -0.612. The third kappa shape index (κ3) is 4.30. The smallest absolute Gasteiger partial charge is 0.322 e. The maximum absolute atomic E-state index is 13.4. The summed E-state index contributed by atoms with van der Waals surface area (Å²) in [6, 6.07) is 14.4. The number of alkyl halides is 3. The minimum Gasteiger partial charge on any atom is -0.322 e. The maximum atomic E-state index is 13.4. The molecule has 1 amide bonds. The third-order valence-corrected chi connectivity index (χ3v) is 5.40. The van der Waals surface area contributed by atoms with Gasteiger partial charge in [-0.2, -0.15) is 28.7 Å². The molecular weight excluding hydrogens is 461 g/mol. The highest BCUT2D eigenvalue weighted by Crippen LogP contribution is 2.43. The number of nitrogens with two attached hydrogens (primary N) is 1. The van der Waals surface area contributed by atoms with Gasteiger partial charge in [0.25, 0.3) is 5.95 Å². The van der Waals surface area contributed by atoms with Crippen LogP contribution in [-0.2, 0) is 11.0 Å². The number of rotatable bonds is 4. The predicted molar refractivity (Wildman–Crippen MR) is 119 cm³/mol. The Morgan fingerprint density at radius 3 is 2.49 bits per heavy atom. The highest BCUT2D eigenvalue weighted by atomic mass is 19.4. The molecule has 3 aromatic rings. The Labute approximate surface area is 197 Å². The van der Waals surface area contributed by atoms with Gasteiger partial charge in [-0.15, -0.1) is 5.10 Å². The highest BCUT2D eigenvalue weighted by Gasteiger charge is 2.37. The van der Waals surface area contributed by atoms with E-state index < -0.39 is 23.7 Å². The van der Waals surface area contributed by atoms with E-state index in [0.717, 1.165) is 12.1 Å².